The van der Waals surface area contributed by atoms with Crippen LogP contribution in [0.25, 0.3) is 0 Å². The fourth-order valence-corrected chi connectivity index (χ4v) is 2.86. The lowest BCUT2D eigenvalue weighted by molar-refractivity contribution is 0.0900. The molecule has 120 valence electrons. The van der Waals surface area contributed by atoms with E-state index in [1.165, 1.54) is 12.1 Å². The van der Waals surface area contributed by atoms with E-state index in [1.807, 2.05) is 20.0 Å². The number of nitrogens with zero attached hydrogens (tertiary/aromatic N) is 3. The molecule has 1 aromatic heterocycles. The Balaban J connectivity index is 1.64. The smallest absolute Gasteiger partial charge is 0.225 e. The summed E-state index contributed by atoms with van der Waals surface area (Å²) in [4.78, 5) is 23.5. The molecule has 0 unspecified atom stereocenters. The summed E-state index contributed by atoms with van der Waals surface area (Å²) in [7, 11) is 0. The zero-order chi connectivity index (χ0) is 16.4. The van der Waals surface area contributed by atoms with Crippen molar-refractivity contribution < 1.29 is 9.18 Å². The summed E-state index contributed by atoms with van der Waals surface area (Å²) in [5, 5.41) is 0. The number of ketones is 1. The molecular weight excluding hydrogens is 293 g/mol. The van der Waals surface area contributed by atoms with E-state index in [0.29, 0.717) is 5.56 Å². The van der Waals surface area contributed by atoms with Crippen molar-refractivity contribution >= 4 is 11.7 Å². The number of piperidine rings is 1. The molecule has 5 heteroatoms. The fourth-order valence-electron chi connectivity index (χ4n) is 2.86. The monoisotopic (exact) mass is 313 g/mol. The SMILES string of the molecule is Cc1cnc(N2CCC(C(=O)c3ccc(F)cc3)CC2)nc1C. The molecule has 0 aliphatic carbocycles. The highest BCUT2D eigenvalue weighted by molar-refractivity contribution is 5.97. The third-order valence-corrected chi connectivity index (χ3v) is 4.49. The van der Waals surface area contributed by atoms with Crippen LogP contribution >= 0.6 is 0 Å². The molecule has 2 heterocycles. The van der Waals surface area contributed by atoms with Crippen LogP contribution in [0.1, 0.15) is 34.5 Å². The highest BCUT2D eigenvalue weighted by Gasteiger charge is 2.27. The van der Waals surface area contributed by atoms with Crippen molar-refractivity contribution in [3.05, 3.63) is 53.1 Å². The lowest BCUT2D eigenvalue weighted by Crippen LogP contribution is -2.37. The largest absolute Gasteiger partial charge is 0.341 e. The van der Waals surface area contributed by atoms with Gasteiger partial charge in [0.2, 0.25) is 5.95 Å². The molecule has 4 nitrogen and oxygen atoms in total. The maximum Gasteiger partial charge on any atom is 0.225 e. The second-order valence-corrected chi connectivity index (χ2v) is 6.07. The van der Waals surface area contributed by atoms with Gasteiger partial charge in [0.05, 0.1) is 0 Å². The Bertz CT molecular complexity index is 707. The van der Waals surface area contributed by atoms with E-state index in [2.05, 4.69) is 14.9 Å². The van der Waals surface area contributed by atoms with Gasteiger partial charge in [0.15, 0.2) is 5.78 Å². The van der Waals surface area contributed by atoms with Gasteiger partial charge in [-0.25, -0.2) is 14.4 Å². The average Bonchev–Trinajstić information content (AvgIpc) is 2.57. The van der Waals surface area contributed by atoms with Crippen LogP contribution in [0, 0.1) is 25.6 Å². The zero-order valence-electron chi connectivity index (χ0n) is 13.4. The van der Waals surface area contributed by atoms with Gasteiger partial charge >= 0.3 is 0 Å². The number of halogens is 1. The van der Waals surface area contributed by atoms with Crippen molar-refractivity contribution in [1.29, 1.82) is 0 Å². The van der Waals surface area contributed by atoms with Gasteiger partial charge in [-0.1, -0.05) is 0 Å². The van der Waals surface area contributed by atoms with Crippen molar-refractivity contribution in [2.24, 2.45) is 5.92 Å². The van der Waals surface area contributed by atoms with E-state index in [-0.39, 0.29) is 17.5 Å². The maximum absolute atomic E-state index is 13.0. The number of benzene rings is 1. The Morgan fingerprint density at radius 1 is 1.17 bits per heavy atom. The molecule has 0 N–H and O–H groups in total. The molecule has 0 saturated carbocycles. The van der Waals surface area contributed by atoms with Gasteiger partial charge in [0.1, 0.15) is 5.82 Å². The number of hydrogen-bond acceptors (Lipinski definition) is 4. The first-order valence-corrected chi connectivity index (χ1v) is 7.89. The van der Waals surface area contributed by atoms with Crippen molar-refractivity contribution in [2.75, 3.05) is 18.0 Å². The quantitative estimate of drug-likeness (QED) is 0.815. The van der Waals surface area contributed by atoms with Crippen LogP contribution in [0.2, 0.25) is 0 Å². The summed E-state index contributed by atoms with van der Waals surface area (Å²) in [6, 6.07) is 5.81. The molecule has 1 saturated heterocycles. The van der Waals surface area contributed by atoms with Gasteiger partial charge in [0, 0.05) is 36.5 Å². The van der Waals surface area contributed by atoms with E-state index >= 15 is 0 Å². The summed E-state index contributed by atoms with van der Waals surface area (Å²) in [6.07, 6.45) is 3.38. The first-order chi connectivity index (χ1) is 11.0. The highest BCUT2D eigenvalue weighted by atomic mass is 19.1. The van der Waals surface area contributed by atoms with E-state index in [1.54, 1.807) is 12.1 Å². The average molecular weight is 313 g/mol. The Morgan fingerprint density at radius 2 is 1.83 bits per heavy atom. The molecule has 3 rings (SSSR count). The predicted octanol–water partition coefficient (Wildman–Crippen LogP) is 3.33. The molecule has 23 heavy (non-hydrogen) atoms. The predicted molar refractivity (Wildman–Crippen MR) is 87.2 cm³/mol. The third kappa shape index (κ3) is 3.38. The van der Waals surface area contributed by atoms with Crippen LogP contribution in [-0.2, 0) is 0 Å². The van der Waals surface area contributed by atoms with E-state index in [9.17, 15) is 9.18 Å². The number of hydrogen-bond donors (Lipinski definition) is 0. The minimum absolute atomic E-state index is 0.0109. The molecule has 0 bridgehead atoms. The minimum atomic E-state index is -0.316. The van der Waals surface area contributed by atoms with Crippen LogP contribution in [-0.4, -0.2) is 28.8 Å². The number of aryl methyl sites for hydroxylation is 2. The highest BCUT2D eigenvalue weighted by Crippen LogP contribution is 2.24. The first kappa shape index (κ1) is 15.6. The third-order valence-electron chi connectivity index (χ3n) is 4.49. The summed E-state index contributed by atoms with van der Waals surface area (Å²) < 4.78 is 13.0. The van der Waals surface area contributed by atoms with Crippen molar-refractivity contribution in [3.8, 4) is 0 Å². The Kier molecular flexibility index (Phi) is 4.37. The van der Waals surface area contributed by atoms with Gasteiger partial charge in [-0.05, 0) is 56.5 Å². The molecule has 2 aromatic rings. The van der Waals surface area contributed by atoms with Crippen LogP contribution in [0.15, 0.2) is 30.5 Å². The molecule has 1 aliphatic heterocycles. The topological polar surface area (TPSA) is 46.1 Å². The minimum Gasteiger partial charge on any atom is -0.341 e. The fraction of sp³-hybridized carbons (Fsp3) is 0.389. The first-order valence-electron chi connectivity index (χ1n) is 7.89. The Morgan fingerprint density at radius 3 is 2.43 bits per heavy atom. The molecule has 0 spiro atoms. The number of carbonyl (C=O) groups excluding carboxylic acids is 1. The maximum atomic E-state index is 13.0. The van der Waals surface area contributed by atoms with Crippen LogP contribution < -0.4 is 4.90 Å². The molecule has 1 fully saturated rings. The van der Waals surface area contributed by atoms with Crippen molar-refractivity contribution in [3.63, 3.8) is 0 Å². The number of carbonyl (C=O) groups is 1. The van der Waals surface area contributed by atoms with Gasteiger partial charge < -0.3 is 4.90 Å². The van der Waals surface area contributed by atoms with Crippen molar-refractivity contribution in [1.82, 2.24) is 9.97 Å². The van der Waals surface area contributed by atoms with Crippen LogP contribution in [0.5, 0.6) is 0 Å². The molecule has 1 aromatic carbocycles. The summed E-state index contributed by atoms with van der Waals surface area (Å²) in [5.41, 5.74) is 2.65. The van der Waals surface area contributed by atoms with E-state index in [4.69, 9.17) is 0 Å². The lowest BCUT2D eigenvalue weighted by atomic mass is 9.89. The van der Waals surface area contributed by atoms with Crippen LogP contribution in [0.3, 0.4) is 0 Å². The number of rotatable bonds is 3. The summed E-state index contributed by atoms with van der Waals surface area (Å²) in [5.74, 6) is 0.512. The molecule has 0 amide bonds. The standard InChI is InChI=1S/C18H20FN3O/c1-12-11-20-18(21-13(12)2)22-9-7-15(8-10-22)17(23)14-3-5-16(19)6-4-14/h3-6,11,15H,7-10H2,1-2H3. The van der Waals surface area contributed by atoms with E-state index < -0.39 is 0 Å². The van der Waals surface area contributed by atoms with E-state index in [0.717, 1.165) is 43.1 Å². The zero-order valence-corrected chi connectivity index (χ0v) is 13.4. The summed E-state index contributed by atoms with van der Waals surface area (Å²) in [6.45, 7) is 5.50. The van der Waals surface area contributed by atoms with Crippen molar-refractivity contribution in [2.45, 2.75) is 26.7 Å². The van der Waals surface area contributed by atoms with Gasteiger partial charge in [0.25, 0.3) is 0 Å². The molecule has 1 aliphatic rings. The number of aromatic nitrogens is 2. The number of anilines is 1. The Hall–Kier alpha value is -2.30. The Labute approximate surface area is 135 Å². The molecule has 0 atom stereocenters. The normalized spacial score (nSPS) is 15.7. The van der Waals surface area contributed by atoms with Gasteiger partial charge in [-0.3, -0.25) is 4.79 Å². The van der Waals surface area contributed by atoms with Gasteiger partial charge in [-0.15, -0.1) is 0 Å². The molecular formula is C18H20FN3O. The van der Waals surface area contributed by atoms with Gasteiger partial charge in [-0.2, -0.15) is 0 Å². The number of Topliss-reactive ketones (excluding diaryl/α,β-unsaturated/α-hetero) is 1. The second kappa shape index (κ2) is 6.44. The summed E-state index contributed by atoms with van der Waals surface area (Å²) >= 11 is 0. The molecule has 0 radical (unpaired) electrons. The lowest BCUT2D eigenvalue weighted by Gasteiger charge is -2.31. The second-order valence-electron chi connectivity index (χ2n) is 6.07. The van der Waals surface area contributed by atoms with Crippen LogP contribution in [0.4, 0.5) is 10.3 Å².